The summed E-state index contributed by atoms with van der Waals surface area (Å²) >= 11 is 0. The van der Waals surface area contributed by atoms with Crippen molar-refractivity contribution in [2.75, 3.05) is 11.9 Å². The Morgan fingerprint density at radius 2 is 1.53 bits per heavy atom. The van der Waals surface area contributed by atoms with Gasteiger partial charge in [0.15, 0.2) is 0 Å². The zero-order valence-corrected chi connectivity index (χ0v) is 11.8. The predicted molar refractivity (Wildman–Crippen MR) is 80.4 cm³/mol. The van der Waals surface area contributed by atoms with Gasteiger partial charge < -0.3 is 10.4 Å². The lowest BCUT2D eigenvalue weighted by Crippen LogP contribution is -2.31. The highest BCUT2D eigenvalue weighted by Gasteiger charge is 2.22. The van der Waals surface area contributed by atoms with Crippen LogP contribution in [0.2, 0.25) is 0 Å². The maximum absolute atomic E-state index is 10.6. The van der Waals surface area contributed by atoms with Crippen LogP contribution in [0.15, 0.2) is 48.5 Å². The number of rotatable bonds is 4. The summed E-state index contributed by atoms with van der Waals surface area (Å²) in [4.78, 5) is 0. The number of aliphatic hydroxyl groups is 1. The first-order valence-corrected chi connectivity index (χ1v) is 6.59. The van der Waals surface area contributed by atoms with E-state index in [1.54, 1.807) is 0 Å². The Bertz CT molecular complexity index is 526. The summed E-state index contributed by atoms with van der Waals surface area (Å²) in [5.41, 5.74) is 3.55. The zero-order chi connectivity index (χ0) is 13.9. The largest absolute Gasteiger partial charge is 0.384 e. The van der Waals surface area contributed by atoms with E-state index < -0.39 is 5.60 Å². The van der Waals surface area contributed by atoms with Gasteiger partial charge >= 0.3 is 0 Å². The van der Waals surface area contributed by atoms with Crippen LogP contribution in [0.4, 0.5) is 5.69 Å². The van der Waals surface area contributed by atoms with Gasteiger partial charge in [0.25, 0.3) is 0 Å². The average molecular weight is 255 g/mol. The summed E-state index contributed by atoms with van der Waals surface area (Å²) in [6, 6.07) is 16.0. The molecule has 0 saturated heterocycles. The molecule has 2 aromatic carbocycles. The summed E-state index contributed by atoms with van der Waals surface area (Å²) in [6.07, 6.45) is 0. The summed E-state index contributed by atoms with van der Waals surface area (Å²) in [5.74, 6) is 0. The van der Waals surface area contributed by atoms with Crippen molar-refractivity contribution in [2.45, 2.75) is 26.4 Å². The highest BCUT2D eigenvalue weighted by Crippen LogP contribution is 2.24. The molecular weight excluding hydrogens is 234 g/mol. The Morgan fingerprint density at radius 3 is 2.11 bits per heavy atom. The lowest BCUT2D eigenvalue weighted by Gasteiger charge is -2.26. The van der Waals surface area contributed by atoms with Gasteiger partial charge in [-0.1, -0.05) is 48.5 Å². The van der Waals surface area contributed by atoms with Gasteiger partial charge in [-0.2, -0.15) is 0 Å². The van der Waals surface area contributed by atoms with Crippen molar-refractivity contribution in [1.82, 2.24) is 0 Å². The van der Waals surface area contributed by atoms with Crippen molar-refractivity contribution in [1.29, 1.82) is 0 Å². The highest BCUT2D eigenvalue weighted by atomic mass is 16.3. The average Bonchev–Trinajstić information content (AvgIpc) is 2.39. The second-order valence-electron chi connectivity index (χ2n) is 5.26. The summed E-state index contributed by atoms with van der Waals surface area (Å²) in [7, 11) is 0. The molecule has 0 fully saturated rings. The molecule has 100 valence electrons. The lowest BCUT2D eigenvalue weighted by molar-refractivity contribution is 0.0715. The Kier molecular flexibility index (Phi) is 3.91. The molecular formula is C17H21NO. The number of benzene rings is 2. The lowest BCUT2D eigenvalue weighted by atomic mass is 9.95. The van der Waals surface area contributed by atoms with Crippen molar-refractivity contribution < 1.29 is 5.11 Å². The van der Waals surface area contributed by atoms with Crippen LogP contribution in [0, 0.1) is 13.8 Å². The second kappa shape index (κ2) is 5.45. The number of nitrogens with one attached hydrogen (secondary N) is 1. The quantitative estimate of drug-likeness (QED) is 0.874. The van der Waals surface area contributed by atoms with Gasteiger partial charge in [0, 0.05) is 12.2 Å². The van der Waals surface area contributed by atoms with Crippen molar-refractivity contribution in [2.24, 2.45) is 0 Å². The van der Waals surface area contributed by atoms with E-state index in [1.165, 1.54) is 11.1 Å². The molecule has 2 N–H and O–H groups in total. The van der Waals surface area contributed by atoms with Gasteiger partial charge in [0.2, 0.25) is 0 Å². The molecule has 0 amide bonds. The zero-order valence-electron chi connectivity index (χ0n) is 11.8. The fourth-order valence-corrected chi connectivity index (χ4v) is 2.25. The summed E-state index contributed by atoms with van der Waals surface area (Å²) in [5, 5.41) is 13.9. The molecule has 1 atom stereocenters. The molecule has 2 rings (SSSR count). The third-order valence-corrected chi connectivity index (χ3v) is 3.49. The molecule has 0 aliphatic heterocycles. The normalized spacial score (nSPS) is 13.9. The highest BCUT2D eigenvalue weighted by molar-refractivity contribution is 5.56. The SMILES string of the molecule is Cc1cccc(C)c1NCC(C)(O)c1ccccc1. The van der Waals surface area contributed by atoms with Crippen molar-refractivity contribution in [3.05, 3.63) is 65.2 Å². The number of hydrogen-bond acceptors (Lipinski definition) is 2. The first-order valence-electron chi connectivity index (χ1n) is 6.59. The van der Waals surface area contributed by atoms with Gasteiger partial charge in [0.1, 0.15) is 5.60 Å². The molecule has 0 aliphatic carbocycles. The van der Waals surface area contributed by atoms with Crippen LogP contribution in [0.3, 0.4) is 0 Å². The first kappa shape index (κ1) is 13.6. The number of anilines is 1. The van der Waals surface area contributed by atoms with E-state index in [9.17, 15) is 5.11 Å². The smallest absolute Gasteiger partial charge is 0.104 e. The topological polar surface area (TPSA) is 32.3 Å². The van der Waals surface area contributed by atoms with E-state index in [1.807, 2.05) is 43.3 Å². The van der Waals surface area contributed by atoms with Crippen LogP contribution < -0.4 is 5.32 Å². The molecule has 19 heavy (non-hydrogen) atoms. The van der Waals surface area contributed by atoms with Crippen LogP contribution in [-0.4, -0.2) is 11.7 Å². The van der Waals surface area contributed by atoms with Gasteiger partial charge in [0.05, 0.1) is 0 Å². The number of hydrogen-bond donors (Lipinski definition) is 2. The molecule has 1 unspecified atom stereocenters. The van der Waals surface area contributed by atoms with Gasteiger partial charge in [-0.15, -0.1) is 0 Å². The molecule has 0 radical (unpaired) electrons. The van der Waals surface area contributed by atoms with Gasteiger partial charge in [-0.05, 0) is 37.5 Å². The van der Waals surface area contributed by atoms with Crippen LogP contribution >= 0.6 is 0 Å². The van der Waals surface area contributed by atoms with Gasteiger partial charge in [-0.3, -0.25) is 0 Å². The number of aryl methyl sites for hydroxylation is 2. The minimum atomic E-state index is -0.879. The fraction of sp³-hybridized carbons (Fsp3) is 0.294. The Morgan fingerprint density at radius 1 is 0.947 bits per heavy atom. The molecule has 0 spiro atoms. The number of para-hydroxylation sites is 1. The fourth-order valence-electron chi connectivity index (χ4n) is 2.25. The molecule has 0 saturated carbocycles. The third-order valence-electron chi connectivity index (χ3n) is 3.49. The second-order valence-corrected chi connectivity index (χ2v) is 5.26. The van der Waals surface area contributed by atoms with Crippen LogP contribution in [0.5, 0.6) is 0 Å². The maximum Gasteiger partial charge on any atom is 0.104 e. The van der Waals surface area contributed by atoms with E-state index >= 15 is 0 Å². The monoisotopic (exact) mass is 255 g/mol. The van der Waals surface area contributed by atoms with E-state index in [2.05, 4.69) is 31.3 Å². The Balaban J connectivity index is 2.14. The summed E-state index contributed by atoms with van der Waals surface area (Å²) < 4.78 is 0. The molecule has 0 bridgehead atoms. The van der Waals surface area contributed by atoms with Crippen molar-refractivity contribution in [3.8, 4) is 0 Å². The van der Waals surface area contributed by atoms with E-state index in [0.29, 0.717) is 6.54 Å². The van der Waals surface area contributed by atoms with Crippen molar-refractivity contribution in [3.63, 3.8) is 0 Å². The predicted octanol–water partition coefficient (Wildman–Crippen LogP) is 3.62. The first-order chi connectivity index (χ1) is 9.00. The van der Waals surface area contributed by atoms with E-state index in [4.69, 9.17) is 0 Å². The third kappa shape index (κ3) is 3.15. The van der Waals surface area contributed by atoms with Gasteiger partial charge in [-0.25, -0.2) is 0 Å². The van der Waals surface area contributed by atoms with Crippen LogP contribution in [-0.2, 0) is 5.60 Å². The molecule has 2 nitrogen and oxygen atoms in total. The summed E-state index contributed by atoms with van der Waals surface area (Å²) in [6.45, 7) is 6.48. The standard InChI is InChI=1S/C17H21NO/c1-13-8-7-9-14(2)16(13)18-12-17(3,19)15-10-5-4-6-11-15/h4-11,18-19H,12H2,1-3H3. The molecule has 0 heterocycles. The van der Waals surface area contributed by atoms with E-state index in [-0.39, 0.29) is 0 Å². The van der Waals surface area contributed by atoms with E-state index in [0.717, 1.165) is 11.3 Å². The minimum absolute atomic E-state index is 0.489. The Labute approximate surface area is 115 Å². The minimum Gasteiger partial charge on any atom is -0.384 e. The molecule has 0 aromatic heterocycles. The molecule has 0 aliphatic rings. The van der Waals surface area contributed by atoms with Crippen molar-refractivity contribution >= 4 is 5.69 Å². The maximum atomic E-state index is 10.6. The van der Waals surface area contributed by atoms with Crippen LogP contribution in [0.25, 0.3) is 0 Å². The van der Waals surface area contributed by atoms with Crippen LogP contribution in [0.1, 0.15) is 23.6 Å². The molecule has 2 aromatic rings. The Hall–Kier alpha value is -1.80. The molecule has 2 heteroatoms.